The van der Waals surface area contributed by atoms with Crippen LogP contribution in [0.2, 0.25) is 0 Å². The van der Waals surface area contributed by atoms with E-state index in [0.29, 0.717) is 28.5 Å². The van der Waals surface area contributed by atoms with E-state index in [2.05, 4.69) is 10.6 Å². The van der Waals surface area contributed by atoms with Gasteiger partial charge in [0.1, 0.15) is 17.1 Å². The first-order valence-electron chi connectivity index (χ1n) is 9.01. The van der Waals surface area contributed by atoms with Crippen molar-refractivity contribution in [3.05, 3.63) is 59.9 Å². The summed E-state index contributed by atoms with van der Waals surface area (Å²) in [6.07, 6.45) is 0. The molecule has 2 heterocycles. The highest BCUT2D eigenvalue weighted by Gasteiger charge is 2.41. The Bertz CT molecular complexity index is 1070. The SMILES string of the molecule is COc1ccc(C2=NOC(C)(C)N2NC(=O)c2cc3ccccc3o2)c(OC)c1. The molecule has 0 radical (unpaired) electrons. The number of amides is 1. The van der Waals surface area contributed by atoms with E-state index in [0.717, 1.165) is 5.39 Å². The molecule has 8 heteroatoms. The van der Waals surface area contributed by atoms with Crippen LogP contribution in [0.4, 0.5) is 0 Å². The summed E-state index contributed by atoms with van der Waals surface area (Å²) in [5.74, 6) is 1.35. The number of amidine groups is 1. The molecule has 0 atom stereocenters. The molecule has 1 N–H and O–H groups in total. The summed E-state index contributed by atoms with van der Waals surface area (Å²) in [4.78, 5) is 18.4. The van der Waals surface area contributed by atoms with Gasteiger partial charge in [0.2, 0.25) is 11.6 Å². The van der Waals surface area contributed by atoms with E-state index in [9.17, 15) is 4.79 Å². The summed E-state index contributed by atoms with van der Waals surface area (Å²) < 4.78 is 16.4. The zero-order chi connectivity index (χ0) is 20.6. The molecular formula is C21H21N3O5. The lowest BCUT2D eigenvalue weighted by molar-refractivity contribution is -0.0826. The number of carbonyl (C=O) groups is 1. The Morgan fingerprint density at radius 1 is 1.10 bits per heavy atom. The molecule has 8 nitrogen and oxygen atoms in total. The largest absolute Gasteiger partial charge is 0.497 e. The van der Waals surface area contributed by atoms with E-state index in [1.807, 2.05) is 24.3 Å². The Labute approximate surface area is 167 Å². The first-order valence-corrected chi connectivity index (χ1v) is 9.01. The van der Waals surface area contributed by atoms with Crippen LogP contribution in [0, 0.1) is 0 Å². The predicted octanol–water partition coefficient (Wildman–Crippen LogP) is 3.52. The molecule has 0 bridgehead atoms. The van der Waals surface area contributed by atoms with Crippen LogP contribution in [0.1, 0.15) is 30.0 Å². The highest BCUT2D eigenvalue weighted by atomic mass is 16.7. The fourth-order valence-corrected chi connectivity index (χ4v) is 3.08. The van der Waals surface area contributed by atoms with Gasteiger partial charge in [-0.15, -0.1) is 0 Å². The van der Waals surface area contributed by atoms with Gasteiger partial charge in [0.15, 0.2) is 5.76 Å². The van der Waals surface area contributed by atoms with Crippen molar-refractivity contribution in [2.75, 3.05) is 14.2 Å². The van der Waals surface area contributed by atoms with E-state index < -0.39 is 11.6 Å². The number of para-hydroxylation sites is 1. The van der Waals surface area contributed by atoms with Gasteiger partial charge in [-0.05, 0) is 38.1 Å². The number of rotatable bonds is 5. The molecule has 0 spiro atoms. The number of nitrogens with one attached hydrogen (secondary N) is 1. The maximum atomic E-state index is 12.9. The minimum absolute atomic E-state index is 0.190. The van der Waals surface area contributed by atoms with Crippen LogP contribution in [0.3, 0.4) is 0 Å². The first kappa shape index (κ1) is 18.7. The summed E-state index contributed by atoms with van der Waals surface area (Å²) in [7, 11) is 3.13. The van der Waals surface area contributed by atoms with Crippen LogP contribution in [-0.4, -0.2) is 36.7 Å². The van der Waals surface area contributed by atoms with Gasteiger partial charge >= 0.3 is 5.91 Å². The molecule has 0 fully saturated rings. The molecule has 3 aromatic rings. The standard InChI is InChI=1S/C21H21N3O5/c1-21(2)24(22-20(25)18-11-13-7-5-6-8-16(13)28-18)19(23-29-21)15-10-9-14(26-3)12-17(15)27-4/h5-12H,1-4H3,(H,22,25). The number of oxime groups is 1. The number of hydrogen-bond donors (Lipinski definition) is 1. The Morgan fingerprint density at radius 2 is 1.90 bits per heavy atom. The Morgan fingerprint density at radius 3 is 2.62 bits per heavy atom. The lowest BCUT2D eigenvalue weighted by Crippen LogP contribution is -2.54. The van der Waals surface area contributed by atoms with Crippen molar-refractivity contribution in [2.45, 2.75) is 19.6 Å². The normalized spacial score (nSPS) is 15.0. The fourth-order valence-electron chi connectivity index (χ4n) is 3.08. The quantitative estimate of drug-likeness (QED) is 0.711. The van der Waals surface area contributed by atoms with E-state index in [4.69, 9.17) is 18.7 Å². The van der Waals surface area contributed by atoms with Gasteiger partial charge in [-0.2, -0.15) is 0 Å². The number of nitrogens with zero attached hydrogens (tertiary/aromatic N) is 2. The fraction of sp³-hybridized carbons (Fsp3) is 0.238. The number of hydrogen-bond acceptors (Lipinski definition) is 7. The number of benzene rings is 2. The Kier molecular flexibility index (Phi) is 4.54. The van der Waals surface area contributed by atoms with Crippen molar-refractivity contribution in [2.24, 2.45) is 5.16 Å². The lowest BCUT2D eigenvalue weighted by atomic mass is 10.1. The molecule has 0 aliphatic carbocycles. The highest BCUT2D eigenvalue weighted by Crippen LogP contribution is 2.32. The molecule has 0 saturated carbocycles. The topological polar surface area (TPSA) is 85.5 Å². The molecule has 0 saturated heterocycles. The van der Waals surface area contributed by atoms with Gasteiger partial charge in [0.05, 0.1) is 19.8 Å². The summed E-state index contributed by atoms with van der Waals surface area (Å²) in [5.41, 5.74) is 3.20. The van der Waals surface area contributed by atoms with E-state index in [1.54, 1.807) is 57.3 Å². The van der Waals surface area contributed by atoms with Crippen LogP contribution in [0.25, 0.3) is 11.0 Å². The number of furan rings is 1. The second-order valence-corrected chi connectivity index (χ2v) is 6.94. The molecular weight excluding hydrogens is 374 g/mol. The molecule has 1 aliphatic heterocycles. The zero-order valence-electron chi connectivity index (χ0n) is 16.6. The van der Waals surface area contributed by atoms with Gasteiger partial charge in [-0.3, -0.25) is 10.2 Å². The van der Waals surface area contributed by atoms with Crippen LogP contribution < -0.4 is 14.9 Å². The van der Waals surface area contributed by atoms with Crippen LogP contribution in [0.15, 0.2) is 58.1 Å². The third kappa shape index (κ3) is 3.33. The molecule has 1 aliphatic rings. The number of methoxy groups -OCH3 is 2. The summed E-state index contributed by atoms with van der Waals surface area (Å²) in [6, 6.07) is 14.4. The van der Waals surface area contributed by atoms with Crippen molar-refractivity contribution in [3.8, 4) is 11.5 Å². The average molecular weight is 395 g/mol. The molecule has 150 valence electrons. The summed E-state index contributed by atoms with van der Waals surface area (Å²) in [6.45, 7) is 3.58. The monoisotopic (exact) mass is 395 g/mol. The van der Waals surface area contributed by atoms with Crippen molar-refractivity contribution in [1.82, 2.24) is 10.4 Å². The van der Waals surface area contributed by atoms with E-state index in [-0.39, 0.29) is 5.76 Å². The predicted molar refractivity (Wildman–Crippen MR) is 107 cm³/mol. The third-order valence-corrected chi connectivity index (χ3v) is 4.62. The second kappa shape index (κ2) is 7.05. The van der Waals surface area contributed by atoms with E-state index in [1.165, 1.54) is 0 Å². The minimum Gasteiger partial charge on any atom is -0.497 e. The molecule has 2 aromatic carbocycles. The maximum Gasteiger partial charge on any atom is 0.305 e. The van der Waals surface area contributed by atoms with Gasteiger partial charge in [0.25, 0.3) is 0 Å². The molecule has 1 aromatic heterocycles. The molecule has 29 heavy (non-hydrogen) atoms. The average Bonchev–Trinajstić information content (AvgIpc) is 3.28. The van der Waals surface area contributed by atoms with Gasteiger partial charge in [-0.25, -0.2) is 5.01 Å². The second-order valence-electron chi connectivity index (χ2n) is 6.94. The summed E-state index contributed by atoms with van der Waals surface area (Å²) >= 11 is 0. The minimum atomic E-state index is -0.915. The molecule has 1 amide bonds. The Hall–Kier alpha value is -3.68. The van der Waals surface area contributed by atoms with Crippen molar-refractivity contribution in [1.29, 1.82) is 0 Å². The third-order valence-electron chi connectivity index (χ3n) is 4.62. The maximum absolute atomic E-state index is 12.9. The number of hydrazine groups is 1. The van der Waals surface area contributed by atoms with E-state index >= 15 is 0 Å². The van der Waals surface area contributed by atoms with Crippen LogP contribution in [-0.2, 0) is 4.84 Å². The number of carbonyl (C=O) groups excluding carboxylic acids is 1. The zero-order valence-corrected chi connectivity index (χ0v) is 16.6. The first-order chi connectivity index (χ1) is 13.9. The van der Waals surface area contributed by atoms with Crippen LogP contribution >= 0.6 is 0 Å². The smallest absolute Gasteiger partial charge is 0.305 e. The number of fused-ring (bicyclic) bond motifs is 1. The van der Waals surface area contributed by atoms with Crippen molar-refractivity contribution in [3.63, 3.8) is 0 Å². The van der Waals surface area contributed by atoms with Gasteiger partial charge in [-0.1, -0.05) is 23.4 Å². The van der Waals surface area contributed by atoms with Crippen molar-refractivity contribution >= 4 is 22.7 Å². The highest BCUT2D eigenvalue weighted by molar-refractivity contribution is 6.04. The van der Waals surface area contributed by atoms with Crippen LogP contribution in [0.5, 0.6) is 11.5 Å². The molecule has 0 unspecified atom stereocenters. The van der Waals surface area contributed by atoms with Gasteiger partial charge < -0.3 is 18.7 Å². The Balaban J connectivity index is 1.65. The number of ether oxygens (including phenoxy) is 2. The van der Waals surface area contributed by atoms with Gasteiger partial charge in [0, 0.05) is 11.5 Å². The van der Waals surface area contributed by atoms with Crippen molar-refractivity contribution < 1.29 is 23.5 Å². The molecule has 4 rings (SSSR count). The lowest BCUT2D eigenvalue weighted by Gasteiger charge is -2.31. The summed E-state index contributed by atoms with van der Waals surface area (Å²) in [5, 5.41) is 6.57.